The summed E-state index contributed by atoms with van der Waals surface area (Å²) in [5.74, 6) is -0.731. The number of carboxylic acid groups (broad SMARTS) is 1. The van der Waals surface area contributed by atoms with Gasteiger partial charge in [-0.15, -0.1) is 0 Å². The Hall–Kier alpha value is -0.650. The Kier molecular flexibility index (Phi) is 3.23. The van der Waals surface area contributed by atoms with Crippen LogP contribution in [0, 0.1) is 0 Å². The first-order valence-corrected chi connectivity index (χ1v) is 5.55. The zero-order valence-corrected chi connectivity index (χ0v) is 9.15. The van der Waals surface area contributed by atoms with Crippen molar-refractivity contribution in [2.24, 2.45) is 0 Å². The highest BCUT2D eigenvalue weighted by atomic mass is 16.4. The number of rotatable bonds is 2. The number of hydrogen-bond acceptors (Lipinski definition) is 4. The van der Waals surface area contributed by atoms with E-state index >= 15 is 0 Å². The standard InChI is InChI=1S/C10H19N3O2/c1-12-4-2-8(6-12)13-5-3-11-9(7-13)10(14)15/h8-9,11H,2-7H2,1H3,(H,14,15). The Bertz CT molecular complexity index is 247. The third kappa shape index (κ3) is 2.48. The van der Waals surface area contributed by atoms with Gasteiger partial charge in [-0.2, -0.15) is 0 Å². The van der Waals surface area contributed by atoms with Gasteiger partial charge in [0.05, 0.1) is 0 Å². The van der Waals surface area contributed by atoms with Crippen LogP contribution in [0.15, 0.2) is 0 Å². The smallest absolute Gasteiger partial charge is 0.322 e. The summed E-state index contributed by atoms with van der Waals surface area (Å²) in [6, 6.07) is 0.170. The average molecular weight is 213 g/mol. The monoisotopic (exact) mass is 213 g/mol. The quantitative estimate of drug-likeness (QED) is 0.619. The van der Waals surface area contributed by atoms with E-state index in [4.69, 9.17) is 5.11 Å². The highest BCUT2D eigenvalue weighted by Gasteiger charge is 2.31. The molecule has 2 fully saturated rings. The fourth-order valence-electron chi connectivity index (χ4n) is 2.48. The molecule has 0 saturated carbocycles. The number of likely N-dealkylation sites (tertiary alicyclic amines) is 1. The Labute approximate surface area is 90.0 Å². The van der Waals surface area contributed by atoms with Crippen LogP contribution in [0.1, 0.15) is 6.42 Å². The molecule has 2 atom stereocenters. The molecular weight excluding hydrogens is 194 g/mol. The third-order valence-corrected chi connectivity index (χ3v) is 3.39. The molecular formula is C10H19N3O2. The summed E-state index contributed by atoms with van der Waals surface area (Å²) in [5.41, 5.74) is 0. The lowest BCUT2D eigenvalue weighted by molar-refractivity contribution is -0.140. The molecule has 2 heterocycles. The van der Waals surface area contributed by atoms with Gasteiger partial charge in [-0.1, -0.05) is 0 Å². The molecule has 0 amide bonds. The molecule has 2 N–H and O–H groups in total. The molecule has 2 rings (SSSR count). The SMILES string of the molecule is CN1CCC(N2CCNC(C(=O)O)C2)C1. The van der Waals surface area contributed by atoms with Crippen molar-refractivity contribution >= 4 is 5.97 Å². The minimum absolute atomic E-state index is 0.385. The number of nitrogens with one attached hydrogen (secondary N) is 1. The molecule has 15 heavy (non-hydrogen) atoms. The third-order valence-electron chi connectivity index (χ3n) is 3.39. The summed E-state index contributed by atoms with van der Waals surface area (Å²) in [6.07, 6.45) is 1.17. The van der Waals surface area contributed by atoms with E-state index in [2.05, 4.69) is 22.2 Å². The van der Waals surface area contributed by atoms with Crippen molar-refractivity contribution in [3.8, 4) is 0 Å². The van der Waals surface area contributed by atoms with Gasteiger partial charge in [0.25, 0.3) is 0 Å². The molecule has 2 saturated heterocycles. The number of likely N-dealkylation sites (N-methyl/N-ethyl adjacent to an activating group) is 1. The molecule has 2 aliphatic rings. The van der Waals surface area contributed by atoms with Crippen LogP contribution in [0.5, 0.6) is 0 Å². The van der Waals surface area contributed by atoms with Crippen LogP contribution >= 0.6 is 0 Å². The van der Waals surface area contributed by atoms with E-state index in [-0.39, 0.29) is 6.04 Å². The first-order valence-electron chi connectivity index (χ1n) is 5.55. The van der Waals surface area contributed by atoms with Gasteiger partial charge in [-0.3, -0.25) is 9.69 Å². The van der Waals surface area contributed by atoms with Crippen molar-refractivity contribution < 1.29 is 9.90 Å². The molecule has 0 aromatic carbocycles. The van der Waals surface area contributed by atoms with E-state index in [9.17, 15) is 4.79 Å². The zero-order valence-electron chi connectivity index (χ0n) is 9.15. The lowest BCUT2D eigenvalue weighted by atomic mass is 10.1. The van der Waals surface area contributed by atoms with E-state index in [0.29, 0.717) is 12.6 Å². The van der Waals surface area contributed by atoms with E-state index in [1.165, 1.54) is 6.42 Å². The zero-order chi connectivity index (χ0) is 10.8. The van der Waals surface area contributed by atoms with Gasteiger partial charge in [0.1, 0.15) is 6.04 Å². The molecule has 2 aliphatic heterocycles. The summed E-state index contributed by atoms with van der Waals surface area (Å²) in [6.45, 7) is 4.62. The lowest BCUT2D eigenvalue weighted by Crippen LogP contribution is -2.57. The molecule has 0 spiro atoms. The Balaban J connectivity index is 1.90. The van der Waals surface area contributed by atoms with Crippen molar-refractivity contribution in [2.75, 3.05) is 39.8 Å². The summed E-state index contributed by atoms with van der Waals surface area (Å²) in [5, 5.41) is 12.0. The van der Waals surface area contributed by atoms with E-state index < -0.39 is 5.97 Å². The number of nitrogens with zero attached hydrogens (tertiary/aromatic N) is 2. The van der Waals surface area contributed by atoms with Gasteiger partial charge in [0.15, 0.2) is 0 Å². The minimum Gasteiger partial charge on any atom is -0.480 e. The maximum Gasteiger partial charge on any atom is 0.322 e. The number of carboxylic acids is 1. The highest BCUT2D eigenvalue weighted by molar-refractivity contribution is 5.73. The van der Waals surface area contributed by atoms with Crippen LogP contribution in [-0.2, 0) is 4.79 Å². The van der Waals surface area contributed by atoms with Gasteiger partial charge >= 0.3 is 5.97 Å². The number of aliphatic carboxylic acids is 1. The largest absolute Gasteiger partial charge is 0.480 e. The van der Waals surface area contributed by atoms with E-state index in [1.54, 1.807) is 0 Å². The summed E-state index contributed by atoms with van der Waals surface area (Å²) in [7, 11) is 2.12. The van der Waals surface area contributed by atoms with Gasteiger partial charge in [-0.25, -0.2) is 0 Å². The van der Waals surface area contributed by atoms with Crippen molar-refractivity contribution in [2.45, 2.75) is 18.5 Å². The topological polar surface area (TPSA) is 55.8 Å². The Morgan fingerprint density at radius 1 is 1.40 bits per heavy atom. The highest BCUT2D eigenvalue weighted by Crippen LogP contribution is 2.15. The molecule has 2 unspecified atom stereocenters. The Morgan fingerprint density at radius 2 is 2.20 bits per heavy atom. The first-order chi connectivity index (χ1) is 7.16. The van der Waals surface area contributed by atoms with Crippen LogP contribution in [0.25, 0.3) is 0 Å². The second-order valence-corrected chi connectivity index (χ2v) is 4.54. The van der Waals surface area contributed by atoms with Crippen LogP contribution in [-0.4, -0.2) is 72.7 Å². The molecule has 0 radical (unpaired) electrons. The molecule has 0 aromatic heterocycles. The van der Waals surface area contributed by atoms with E-state index in [0.717, 1.165) is 26.2 Å². The molecule has 0 aromatic rings. The summed E-state index contributed by atoms with van der Waals surface area (Å²) >= 11 is 0. The van der Waals surface area contributed by atoms with Gasteiger partial charge in [0, 0.05) is 32.2 Å². The van der Waals surface area contributed by atoms with Crippen LogP contribution in [0.2, 0.25) is 0 Å². The summed E-state index contributed by atoms with van der Waals surface area (Å²) < 4.78 is 0. The predicted molar refractivity (Wildman–Crippen MR) is 56.9 cm³/mol. The first kappa shape index (κ1) is 10.9. The maximum absolute atomic E-state index is 10.9. The fraction of sp³-hybridized carbons (Fsp3) is 0.900. The molecule has 0 bridgehead atoms. The van der Waals surface area contributed by atoms with Crippen LogP contribution in [0.3, 0.4) is 0 Å². The molecule has 0 aliphatic carbocycles. The molecule has 5 heteroatoms. The number of piperazine rings is 1. The lowest BCUT2D eigenvalue weighted by Gasteiger charge is -2.35. The summed E-state index contributed by atoms with van der Waals surface area (Å²) in [4.78, 5) is 15.5. The van der Waals surface area contributed by atoms with Crippen molar-refractivity contribution in [1.82, 2.24) is 15.1 Å². The fourth-order valence-corrected chi connectivity index (χ4v) is 2.48. The molecule has 86 valence electrons. The predicted octanol–water partition coefficient (Wildman–Crippen LogP) is -0.951. The van der Waals surface area contributed by atoms with Crippen molar-refractivity contribution in [1.29, 1.82) is 0 Å². The van der Waals surface area contributed by atoms with Crippen molar-refractivity contribution in [3.05, 3.63) is 0 Å². The van der Waals surface area contributed by atoms with Crippen molar-refractivity contribution in [3.63, 3.8) is 0 Å². The van der Waals surface area contributed by atoms with Crippen LogP contribution < -0.4 is 5.32 Å². The number of hydrogen-bond donors (Lipinski definition) is 2. The van der Waals surface area contributed by atoms with Gasteiger partial charge in [-0.05, 0) is 20.0 Å². The Morgan fingerprint density at radius 3 is 2.80 bits per heavy atom. The average Bonchev–Trinajstić information content (AvgIpc) is 2.65. The maximum atomic E-state index is 10.9. The number of carbonyl (C=O) groups is 1. The van der Waals surface area contributed by atoms with Crippen LogP contribution in [0.4, 0.5) is 0 Å². The molecule has 5 nitrogen and oxygen atoms in total. The second kappa shape index (κ2) is 4.47. The van der Waals surface area contributed by atoms with Gasteiger partial charge < -0.3 is 15.3 Å². The van der Waals surface area contributed by atoms with Gasteiger partial charge in [0.2, 0.25) is 0 Å². The minimum atomic E-state index is -0.731. The second-order valence-electron chi connectivity index (χ2n) is 4.54. The normalized spacial score (nSPS) is 34.5. The van der Waals surface area contributed by atoms with E-state index in [1.807, 2.05) is 0 Å².